The van der Waals surface area contributed by atoms with Crippen LogP contribution in [-0.2, 0) is 14.8 Å². The molecule has 3 heterocycles. The molecule has 0 unspecified atom stereocenters. The Morgan fingerprint density at radius 2 is 1.72 bits per heavy atom. The number of benzene rings is 1. The van der Waals surface area contributed by atoms with Gasteiger partial charge in [-0.05, 0) is 44.2 Å². The van der Waals surface area contributed by atoms with Gasteiger partial charge in [-0.15, -0.1) is 11.6 Å². The number of morpholine rings is 1. The van der Waals surface area contributed by atoms with Crippen LogP contribution in [-0.4, -0.2) is 78.0 Å². The zero-order valence-electron chi connectivity index (χ0n) is 21.4. The van der Waals surface area contributed by atoms with Gasteiger partial charge in [0.1, 0.15) is 11.6 Å². The quantitative estimate of drug-likeness (QED) is 0.346. The highest BCUT2D eigenvalue weighted by Gasteiger charge is 2.27. The second-order valence-corrected chi connectivity index (χ2v) is 12.0. The monoisotopic (exact) mass is 583 g/mol. The molecule has 212 valence electrons. The minimum atomic E-state index is -3.36. The van der Waals surface area contributed by atoms with E-state index in [9.17, 15) is 17.2 Å². The lowest BCUT2D eigenvalue weighted by Gasteiger charge is -2.31. The molecule has 0 radical (unpaired) electrons. The Balaban J connectivity index is 1.40. The Morgan fingerprint density at radius 1 is 1.03 bits per heavy atom. The molecule has 14 heteroatoms. The fraction of sp³-hybridized carbons (Fsp3) is 0.560. The molecule has 0 amide bonds. The number of halogens is 3. The molecule has 1 aliphatic carbocycles. The average Bonchev–Trinajstić information content (AvgIpc) is 3.33. The molecule has 1 saturated heterocycles. The summed E-state index contributed by atoms with van der Waals surface area (Å²) in [5.41, 5.74) is 0.994. The van der Waals surface area contributed by atoms with Crippen LogP contribution in [0.4, 0.5) is 20.5 Å². The number of para-hydroxylation sites is 2. The number of hydrogen-bond donors (Lipinski definition) is 2. The van der Waals surface area contributed by atoms with Crippen molar-refractivity contribution in [3.8, 4) is 5.82 Å². The molecule has 0 bridgehead atoms. The number of ether oxygens (including phenoxy) is 1. The van der Waals surface area contributed by atoms with Gasteiger partial charge in [-0.1, -0.05) is 12.1 Å². The van der Waals surface area contributed by atoms with E-state index < -0.39 is 16.4 Å². The number of alkyl halides is 3. The normalized spacial score (nSPS) is 20.6. The predicted octanol–water partition coefficient (Wildman–Crippen LogP) is 3.86. The Bertz CT molecular complexity index is 1380. The number of imidazole rings is 1. The van der Waals surface area contributed by atoms with E-state index in [0.29, 0.717) is 92.9 Å². The smallest absolute Gasteiger partial charge is 0.296 e. The molecule has 0 spiro atoms. The van der Waals surface area contributed by atoms with Crippen molar-refractivity contribution in [1.29, 1.82) is 0 Å². The lowest BCUT2D eigenvalue weighted by molar-refractivity contribution is 0.122. The van der Waals surface area contributed by atoms with E-state index >= 15 is 0 Å². The number of aromatic nitrogens is 4. The summed E-state index contributed by atoms with van der Waals surface area (Å²) in [5.74, 6) is 1.19. The fourth-order valence-corrected chi connectivity index (χ4v) is 6.76. The number of sulfonamides is 1. The molecule has 1 aliphatic heterocycles. The molecular weight excluding hydrogens is 552 g/mol. The number of nitrogens with one attached hydrogen (secondary N) is 2. The van der Waals surface area contributed by atoms with Crippen LogP contribution in [0.25, 0.3) is 16.9 Å². The van der Waals surface area contributed by atoms with Crippen LogP contribution in [0, 0.1) is 0 Å². The van der Waals surface area contributed by atoms with Gasteiger partial charge < -0.3 is 15.0 Å². The van der Waals surface area contributed by atoms with Crippen molar-refractivity contribution >= 4 is 44.4 Å². The molecule has 2 aliphatic rings. The molecule has 2 aromatic heterocycles. The van der Waals surface area contributed by atoms with Gasteiger partial charge in [-0.3, -0.25) is 4.57 Å². The van der Waals surface area contributed by atoms with Gasteiger partial charge in [0.15, 0.2) is 5.82 Å². The maximum atomic E-state index is 14.1. The molecule has 2 N–H and O–H groups in total. The van der Waals surface area contributed by atoms with E-state index in [1.54, 1.807) is 30.3 Å². The van der Waals surface area contributed by atoms with E-state index in [2.05, 4.69) is 20.0 Å². The van der Waals surface area contributed by atoms with Crippen LogP contribution in [0.15, 0.2) is 30.3 Å². The molecule has 10 nitrogen and oxygen atoms in total. The first-order chi connectivity index (χ1) is 18.8. The van der Waals surface area contributed by atoms with E-state index in [1.807, 2.05) is 4.90 Å². The molecule has 0 atom stereocenters. The molecule has 1 aromatic carbocycles. The molecule has 5 rings (SSSR count). The van der Waals surface area contributed by atoms with Gasteiger partial charge in [0.2, 0.25) is 16.0 Å². The van der Waals surface area contributed by atoms with Crippen LogP contribution >= 0.6 is 11.6 Å². The third kappa shape index (κ3) is 6.76. The average molecular weight is 584 g/mol. The Kier molecular flexibility index (Phi) is 8.79. The minimum absolute atomic E-state index is 0.00971. The predicted molar refractivity (Wildman–Crippen MR) is 147 cm³/mol. The SMILES string of the molecule is O=S(=O)(CCCCl)NC1CCC(Nc2nc(N3CCOCC3)cc(-n3c(C(F)F)nc4ccccc43)n2)CC1. The first-order valence-electron chi connectivity index (χ1n) is 13.1. The van der Waals surface area contributed by atoms with Crippen LogP contribution < -0.4 is 14.9 Å². The van der Waals surface area contributed by atoms with Crippen LogP contribution in [0.2, 0.25) is 0 Å². The van der Waals surface area contributed by atoms with E-state index in [0.717, 1.165) is 0 Å². The summed E-state index contributed by atoms with van der Waals surface area (Å²) in [6, 6.07) is 8.57. The van der Waals surface area contributed by atoms with Crippen molar-refractivity contribution in [2.75, 3.05) is 48.2 Å². The standard InChI is InChI=1S/C25H32ClF2N7O3S/c26-10-3-15-39(36,37)33-18-8-6-17(7-9-18)29-25-31-21(34-11-13-38-14-12-34)16-22(32-25)35-20-5-2-1-4-19(20)30-24(35)23(27)28/h1-2,4-5,16-18,23,33H,3,6-15H2,(H,29,31,32). The largest absolute Gasteiger partial charge is 0.378 e. The van der Waals surface area contributed by atoms with Gasteiger partial charge in [-0.2, -0.15) is 9.97 Å². The number of fused-ring (bicyclic) bond motifs is 1. The van der Waals surface area contributed by atoms with E-state index in [-0.39, 0.29) is 23.7 Å². The number of hydrogen-bond acceptors (Lipinski definition) is 8. The third-order valence-corrected chi connectivity index (χ3v) is 8.78. The first kappa shape index (κ1) is 27.9. The van der Waals surface area contributed by atoms with Crippen LogP contribution in [0.5, 0.6) is 0 Å². The highest BCUT2D eigenvalue weighted by Crippen LogP contribution is 2.30. The second kappa shape index (κ2) is 12.3. The topological polar surface area (TPSA) is 114 Å². The zero-order chi connectivity index (χ0) is 27.4. The summed E-state index contributed by atoms with van der Waals surface area (Å²) in [5, 5.41) is 3.38. The van der Waals surface area contributed by atoms with Crippen molar-refractivity contribution in [2.45, 2.75) is 50.6 Å². The van der Waals surface area contributed by atoms with Gasteiger partial charge in [0.25, 0.3) is 6.43 Å². The van der Waals surface area contributed by atoms with Gasteiger partial charge >= 0.3 is 0 Å². The highest BCUT2D eigenvalue weighted by atomic mass is 35.5. The van der Waals surface area contributed by atoms with Crippen LogP contribution in [0.3, 0.4) is 0 Å². The van der Waals surface area contributed by atoms with Gasteiger partial charge in [0.05, 0.1) is 30.0 Å². The molecular formula is C25H32ClF2N7O3S. The Hall–Kier alpha value is -2.61. The summed E-state index contributed by atoms with van der Waals surface area (Å²) in [4.78, 5) is 15.6. The van der Waals surface area contributed by atoms with Crippen molar-refractivity contribution in [2.24, 2.45) is 0 Å². The van der Waals surface area contributed by atoms with Crippen LogP contribution in [0.1, 0.15) is 44.4 Å². The molecule has 2 fully saturated rings. The van der Waals surface area contributed by atoms with Gasteiger partial charge in [-0.25, -0.2) is 26.9 Å². The number of nitrogens with zero attached hydrogens (tertiary/aromatic N) is 5. The zero-order valence-corrected chi connectivity index (χ0v) is 23.0. The maximum absolute atomic E-state index is 14.1. The van der Waals surface area contributed by atoms with Crippen molar-refractivity contribution in [1.82, 2.24) is 24.2 Å². The Morgan fingerprint density at radius 3 is 2.44 bits per heavy atom. The lowest BCUT2D eigenvalue weighted by Crippen LogP contribution is -2.41. The Labute approximate surface area is 231 Å². The molecule has 1 saturated carbocycles. The molecule has 3 aromatic rings. The minimum Gasteiger partial charge on any atom is -0.378 e. The van der Waals surface area contributed by atoms with E-state index in [4.69, 9.17) is 21.3 Å². The van der Waals surface area contributed by atoms with E-state index in [1.165, 1.54) is 4.57 Å². The highest BCUT2D eigenvalue weighted by molar-refractivity contribution is 7.89. The van der Waals surface area contributed by atoms with Crippen molar-refractivity contribution in [3.63, 3.8) is 0 Å². The summed E-state index contributed by atoms with van der Waals surface area (Å²) >= 11 is 5.64. The summed E-state index contributed by atoms with van der Waals surface area (Å²) < 4.78 is 62.3. The molecule has 39 heavy (non-hydrogen) atoms. The maximum Gasteiger partial charge on any atom is 0.296 e. The fourth-order valence-electron chi connectivity index (χ4n) is 5.08. The van der Waals surface area contributed by atoms with Gasteiger partial charge in [0, 0.05) is 37.1 Å². The summed E-state index contributed by atoms with van der Waals surface area (Å²) in [6.07, 6.45) is 0.357. The van der Waals surface area contributed by atoms with Crippen molar-refractivity contribution < 1.29 is 21.9 Å². The van der Waals surface area contributed by atoms with Crippen molar-refractivity contribution in [3.05, 3.63) is 36.2 Å². The first-order valence-corrected chi connectivity index (χ1v) is 15.3. The summed E-state index contributed by atoms with van der Waals surface area (Å²) in [7, 11) is -3.36. The number of anilines is 2. The number of rotatable bonds is 10. The summed E-state index contributed by atoms with van der Waals surface area (Å²) in [6.45, 7) is 2.33. The lowest BCUT2D eigenvalue weighted by atomic mass is 9.92. The second-order valence-electron chi connectivity index (χ2n) is 9.77. The third-order valence-electron chi connectivity index (χ3n) is 7.00.